The number of halogens is 21. The van der Waals surface area contributed by atoms with Crippen LogP contribution in [0.2, 0.25) is 5.15 Å². The number of nitrogen functional groups attached to an aromatic ring is 2. The Morgan fingerprint density at radius 1 is 0.295 bits per heavy atom. The maximum atomic E-state index is 14.3. The SMILES string of the molecule is C.C.C.C.C.CCCC[C@H]1O[C@@H](n2cnc3c(N)ncnc32)C(F)(F)C1(F)F.CCCC[C@H]1O[C@@H](n2cnc3c(OC)ncnc32)C(F)(F)C1(F)F.CCCC[C@H]1O[C@H](n2cnc3c(Cl)ncnc32)C(F)(F)C1(F)F.CCCC[C@H]1O[C@H](n2cnc3c(N)ncnc32)C(F)(F)C1(F)F.CCCC[C@H]1O[C@H](n2cnc3c(OC)ncnc32)C(F)(F)C1(F)F. The summed E-state index contributed by atoms with van der Waals surface area (Å²) in [5.74, 6) is -43.3. The summed E-state index contributed by atoms with van der Waals surface area (Å²) in [6.07, 6.45) is -6.06. The Hall–Kier alpha value is -9.36. The number of methoxy groups -OCH3 is 2. The third kappa shape index (κ3) is 17.6. The van der Waals surface area contributed by atoms with Crippen molar-refractivity contribution in [2.75, 3.05) is 25.7 Å². The lowest BCUT2D eigenvalue weighted by molar-refractivity contribution is -0.207. The summed E-state index contributed by atoms with van der Waals surface area (Å²) in [6, 6.07) is 0. The first-order valence-corrected chi connectivity index (χ1v) is 36.6. The van der Waals surface area contributed by atoms with Gasteiger partial charge in [-0.1, -0.05) is 148 Å². The lowest BCUT2D eigenvalue weighted by atomic mass is 10.0. The lowest BCUT2D eigenvalue weighted by Crippen LogP contribution is -2.45. The molecule has 0 aromatic carbocycles. The van der Waals surface area contributed by atoms with Crippen molar-refractivity contribution in [1.82, 2.24) is 97.6 Å². The molecule has 15 heterocycles. The number of hydrogen-bond acceptors (Lipinski definition) is 24. The molecule has 50 heteroatoms. The van der Waals surface area contributed by atoms with E-state index in [1.165, 1.54) is 14.2 Å². The van der Waals surface area contributed by atoms with E-state index in [0.29, 0.717) is 64.2 Å². The first-order valence-electron chi connectivity index (χ1n) is 36.3. The minimum Gasteiger partial charge on any atom is -0.479 e. The highest BCUT2D eigenvalue weighted by Crippen LogP contribution is 2.60. The molecule has 10 atom stereocenters. The molecular weight excluding hydrogens is 1700 g/mol. The van der Waals surface area contributed by atoms with Gasteiger partial charge in [-0.15, -0.1) is 0 Å². The van der Waals surface area contributed by atoms with Crippen LogP contribution in [0.5, 0.6) is 11.8 Å². The van der Waals surface area contributed by atoms with Crippen molar-refractivity contribution in [3.8, 4) is 11.8 Å². The predicted octanol–water partition coefficient (Wildman–Crippen LogP) is 18.9. The normalized spacial score (nSPS) is 24.6. The summed E-state index contributed by atoms with van der Waals surface area (Å²) in [5.41, 5.74) is 11.2. The van der Waals surface area contributed by atoms with Gasteiger partial charge >= 0.3 is 59.2 Å². The van der Waals surface area contributed by atoms with Gasteiger partial charge in [0, 0.05) is 0 Å². The number of nitrogens with two attached hydrogens (primary N) is 2. The predicted molar refractivity (Wildman–Crippen MR) is 404 cm³/mol. The first-order chi connectivity index (χ1) is 55.1. The minimum atomic E-state index is -4.39. The summed E-state index contributed by atoms with van der Waals surface area (Å²) in [7, 11) is 2.66. The molecule has 0 amide bonds. The summed E-state index contributed by atoms with van der Waals surface area (Å²) in [5, 5.41) is -0.0515. The van der Waals surface area contributed by atoms with Gasteiger partial charge in [-0.05, 0) is 32.1 Å². The van der Waals surface area contributed by atoms with E-state index in [1.807, 2.05) is 0 Å². The Morgan fingerprint density at radius 2 is 0.492 bits per heavy atom. The van der Waals surface area contributed by atoms with E-state index in [0.717, 1.165) is 86.1 Å². The maximum absolute atomic E-state index is 14.3. The Bertz CT molecular complexity index is 4650. The van der Waals surface area contributed by atoms with Gasteiger partial charge in [0.25, 0.3) is 0 Å². The highest BCUT2D eigenvalue weighted by atomic mass is 35.5. The summed E-state index contributed by atoms with van der Waals surface area (Å²) in [4.78, 5) is 56.9. The van der Waals surface area contributed by atoms with Gasteiger partial charge in [0.15, 0.2) is 56.1 Å². The molecule has 682 valence electrons. The molecule has 0 saturated carbocycles. The molecule has 122 heavy (non-hydrogen) atoms. The molecule has 10 aromatic heterocycles. The van der Waals surface area contributed by atoms with E-state index in [1.54, 1.807) is 34.6 Å². The second kappa shape index (κ2) is 38.8. The number of rotatable bonds is 22. The fraction of sp³-hybridized carbons (Fsp3) is 0.653. The van der Waals surface area contributed by atoms with E-state index in [2.05, 4.69) is 74.8 Å². The Morgan fingerprint density at radius 3 is 0.721 bits per heavy atom. The van der Waals surface area contributed by atoms with Crippen molar-refractivity contribution in [2.45, 2.75) is 289 Å². The lowest BCUT2D eigenvalue weighted by Gasteiger charge is -2.23. The van der Waals surface area contributed by atoms with Crippen LogP contribution in [-0.2, 0) is 23.7 Å². The third-order valence-corrected chi connectivity index (χ3v) is 20.0. The molecule has 0 unspecified atom stereocenters. The zero-order valence-electron chi connectivity index (χ0n) is 62.5. The van der Waals surface area contributed by atoms with E-state index in [4.69, 9.17) is 56.2 Å². The molecule has 0 aliphatic carbocycles. The zero-order valence-corrected chi connectivity index (χ0v) is 63.3. The number of ether oxygens (including phenoxy) is 7. The highest BCUT2D eigenvalue weighted by molar-refractivity contribution is 6.33. The number of anilines is 2. The number of imidazole rings is 5. The molecule has 5 fully saturated rings. The Kier molecular flexibility index (Phi) is 32.3. The van der Waals surface area contributed by atoms with Crippen LogP contribution in [0.4, 0.5) is 99.4 Å². The number of aromatic nitrogens is 20. The molecule has 0 spiro atoms. The highest BCUT2D eigenvalue weighted by Gasteiger charge is 2.77. The van der Waals surface area contributed by atoms with Crippen LogP contribution in [0.25, 0.3) is 55.8 Å². The maximum Gasteiger partial charge on any atom is 0.356 e. The van der Waals surface area contributed by atoms with Gasteiger partial charge in [-0.25, -0.2) is 64.8 Å². The van der Waals surface area contributed by atoms with Gasteiger partial charge in [0.2, 0.25) is 42.9 Å². The number of nitrogens with zero attached hydrogens (tertiary/aromatic N) is 20. The van der Waals surface area contributed by atoms with Crippen LogP contribution >= 0.6 is 11.6 Å². The topological polar surface area (TPSA) is 335 Å². The van der Waals surface area contributed by atoms with E-state index >= 15 is 0 Å². The number of unbranched alkanes of at least 4 members (excludes halogenated alkanes) is 5. The van der Waals surface area contributed by atoms with Crippen LogP contribution < -0.4 is 20.9 Å². The van der Waals surface area contributed by atoms with E-state index < -0.39 is 121 Å². The van der Waals surface area contributed by atoms with Gasteiger partial charge in [0.05, 0.1) is 45.9 Å². The largest absolute Gasteiger partial charge is 0.479 e. The van der Waals surface area contributed by atoms with Gasteiger partial charge in [-0.2, -0.15) is 97.8 Å². The van der Waals surface area contributed by atoms with Crippen molar-refractivity contribution in [1.29, 1.82) is 0 Å². The second-order valence-corrected chi connectivity index (χ2v) is 27.8. The average molecular weight is 1800 g/mol. The van der Waals surface area contributed by atoms with Crippen molar-refractivity contribution in [2.24, 2.45) is 0 Å². The molecule has 5 aliphatic rings. The summed E-state index contributed by atoms with van der Waals surface area (Å²) >= 11 is 5.80. The molecule has 0 radical (unpaired) electrons. The molecule has 5 saturated heterocycles. The number of hydrogen-bond donors (Lipinski definition) is 2. The van der Waals surface area contributed by atoms with Gasteiger partial charge < -0.3 is 44.6 Å². The van der Waals surface area contributed by atoms with Crippen molar-refractivity contribution in [3.63, 3.8) is 0 Å². The van der Waals surface area contributed by atoms with Crippen LogP contribution in [0.3, 0.4) is 0 Å². The van der Waals surface area contributed by atoms with E-state index in [9.17, 15) is 87.8 Å². The Labute approximate surface area is 690 Å². The zero-order chi connectivity index (χ0) is 85.6. The molecule has 10 aromatic rings. The average Bonchev–Trinajstić information content (AvgIpc) is 1.60. The van der Waals surface area contributed by atoms with Gasteiger partial charge in [-0.3, -0.25) is 22.8 Å². The molecule has 5 aliphatic heterocycles. The smallest absolute Gasteiger partial charge is 0.356 e. The number of alkyl halides is 20. The Balaban J connectivity index is 0.000000234. The van der Waals surface area contributed by atoms with Crippen molar-refractivity contribution >= 4 is 79.1 Å². The minimum absolute atomic E-state index is 0. The van der Waals surface area contributed by atoms with Crippen molar-refractivity contribution < 1.29 is 121 Å². The molecule has 29 nitrogen and oxygen atoms in total. The fourth-order valence-corrected chi connectivity index (χ4v) is 13.5. The van der Waals surface area contributed by atoms with Crippen LogP contribution in [0, 0.1) is 0 Å². The standard InChI is InChI=1S/2C14H16F4N4O2.C13H13ClF4N4O.2C13H15F4N5O.5CH4/c2*1-3-4-5-8-13(15,16)14(17,18)12(24-8)22-7-21-9-10(22)19-6-20-11(9)23-2;1-2-3-4-7-12(15,16)13(17,18)11(23-7)22-6-21-8-9(14)19-5-20-10(8)22;2*1-2-3-4-7-12(14,15)13(16,17)11(23-7)22-6-21-8-9(18)19-5-20-10(8)22;;;;;/h2*6-8,12H,3-5H2,1-2H3;5-7,11H,2-4H2,1H3;2*5-7,11H,2-4H2,1H3,(H2,18,19,20);5*1H4/t8-,12+;8-,12-;2*7-,11+;7-,11-;;;;;/m11111...../s1. The molecule has 15 rings (SSSR count). The second-order valence-electron chi connectivity index (χ2n) is 27.4. The third-order valence-electron chi connectivity index (χ3n) is 19.7. The monoisotopic (exact) mass is 1790 g/mol. The quantitative estimate of drug-likeness (QED) is 0.0470. The first kappa shape index (κ1) is 101. The summed E-state index contributed by atoms with van der Waals surface area (Å²) < 4.78 is 323. The summed E-state index contributed by atoms with van der Waals surface area (Å²) in [6.45, 7) is 8.92. The van der Waals surface area contributed by atoms with Crippen LogP contribution in [0.1, 0.15) is 199 Å². The number of fused-ring (bicyclic) bond motifs is 5. The van der Waals surface area contributed by atoms with Gasteiger partial charge in [0.1, 0.15) is 78.7 Å². The van der Waals surface area contributed by atoms with Crippen LogP contribution in [0.15, 0.2) is 63.3 Å². The molecular formula is C72H95ClF20N22O7. The fourth-order valence-electron chi connectivity index (χ4n) is 13.3. The van der Waals surface area contributed by atoms with Crippen molar-refractivity contribution in [3.05, 3.63) is 68.4 Å². The van der Waals surface area contributed by atoms with Crippen LogP contribution in [-0.4, -0.2) is 202 Å². The molecule has 4 N–H and O–H groups in total. The van der Waals surface area contributed by atoms with E-state index in [-0.39, 0.29) is 154 Å². The molecule has 0 bridgehead atoms.